The normalized spacial score (nSPS) is 12.8. The van der Waals surface area contributed by atoms with Crippen LogP contribution in [0.2, 0.25) is 0 Å². The van der Waals surface area contributed by atoms with Crippen molar-refractivity contribution in [2.24, 2.45) is 0 Å². The maximum Gasteiger partial charge on any atom is 0.305 e. The van der Waals surface area contributed by atoms with Crippen molar-refractivity contribution in [3.8, 4) is 0 Å². The van der Waals surface area contributed by atoms with Gasteiger partial charge in [0.2, 0.25) is 5.91 Å². The first-order chi connectivity index (χ1) is 33.0. The third-order valence-electron chi connectivity index (χ3n) is 13.6. The Morgan fingerprint density at radius 2 is 0.701 bits per heavy atom. The van der Waals surface area contributed by atoms with Crippen molar-refractivity contribution in [1.82, 2.24) is 5.32 Å². The van der Waals surface area contributed by atoms with Gasteiger partial charge in [-0.05, 0) is 83.5 Å². The van der Waals surface area contributed by atoms with E-state index in [2.05, 4.69) is 43.5 Å². The van der Waals surface area contributed by atoms with E-state index in [1.54, 1.807) is 6.08 Å². The average Bonchev–Trinajstić information content (AvgIpc) is 3.33. The second-order valence-corrected chi connectivity index (χ2v) is 20.3. The number of hydrogen-bond donors (Lipinski definition) is 3. The molecule has 1 amide bonds. The second kappa shape index (κ2) is 56.7. The molecule has 0 aliphatic rings. The number of aliphatic hydroxyl groups excluding tert-OH is 2. The van der Waals surface area contributed by atoms with Crippen molar-refractivity contribution >= 4 is 11.9 Å². The van der Waals surface area contributed by atoms with Crippen molar-refractivity contribution in [2.45, 2.75) is 328 Å². The number of amides is 1. The summed E-state index contributed by atoms with van der Waals surface area (Å²) in [6.07, 6.45) is 70.3. The average molecular weight is 943 g/mol. The zero-order valence-corrected chi connectivity index (χ0v) is 44.9. The molecule has 0 aliphatic carbocycles. The summed E-state index contributed by atoms with van der Waals surface area (Å²) in [5, 5.41) is 23.1. The van der Waals surface area contributed by atoms with Crippen LogP contribution in [0.4, 0.5) is 0 Å². The molecule has 0 rings (SSSR count). The largest absolute Gasteiger partial charge is 0.466 e. The molecule has 0 heterocycles. The van der Waals surface area contributed by atoms with Crippen LogP contribution in [-0.2, 0) is 14.3 Å². The van der Waals surface area contributed by atoms with Gasteiger partial charge in [0.05, 0.1) is 25.4 Å². The third kappa shape index (κ3) is 53.3. The van der Waals surface area contributed by atoms with Gasteiger partial charge >= 0.3 is 5.97 Å². The van der Waals surface area contributed by atoms with Crippen LogP contribution in [-0.4, -0.2) is 47.4 Å². The van der Waals surface area contributed by atoms with Gasteiger partial charge in [-0.1, -0.05) is 256 Å². The van der Waals surface area contributed by atoms with Gasteiger partial charge in [-0.25, -0.2) is 0 Å². The number of rotatable bonds is 55. The first-order valence-electron chi connectivity index (χ1n) is 29.8. The van der Waals surface area contributed by atoms with Crippen LogP contribution < -0.4 is 5.32 Å². The van der Waals surface area contributed by atoms with Crippen LogP contribution in [0.25, 0.3) is 0 Å². The summed E-state index contributed by atoms with van der Waals surface area (Å²) in [7, 11) is 0. The maximum absolute atomic E-state index is 12.4. The molecule has 3 N–H and O–H groups in total. The van der Waals surface area contributed by atoms with E-state index in [-0.39, 0.29) is 18.5 Å². The molecule has 0 fully saturated rings. The highest BCUT2D eigenvalue weighted by molar-refractivity contribution is 5.76. The molecule has 0 radical (unpaired) electrons. The number of hydrogen-bond acceptors (Lipinski definition) is 5. The van der Waals surface area contributed by atoms with E-state index >= 15 is 0 Å². The monoisotopic (exact) mass is 942 g/mol. The van der Waals surface area contributed by atoms with Gasteiger partial charge < -0.3 is 20.3 Å². The molecule has 0 aromatic carbocycles. The third-order valence-corrected chi connectivity index (χ3v) is 13.6. The lowest BCUT2D eigenvalue weighted by Crippen LogP contribution is -2.45. The molecular weight excluding hydrogens is 827 g/mol. The maximum atomic E-state index is 12.4. The van der Waals surface area contributed by atoms with Crippen molar-refractivity contribution in [3.05, 3.63) is 36.5 Å². The van der Waals surface area contributed by atoms with Gasteiger partial charge in [-0.2, -0.15) is 0 Å². The number of carbonyl (C=O) groups is 2. The summed E-state index contributed by atoms with van der Waals surface area (Å²) >= 11 is 0. The van der Waals surface area contributed by atoms with Crippen molar-refractivity contribution < 1.29 is 24.5 Å². The molecular formula is C61H115NO5. The first-order valence-corrected chi connectivity index (χ1v) is 29.8. The van der Waals surface area contributed by atoms with E-state index < -0.39 is 12.1 Å². The molecule has 6 heteroatoms. The van der Waals surface area contributed by atoms with E-state index in [4.69, 9.17) is 4.74 Å². The molecule has 0 aliphatic heterocycles. The minimum atomic E-state index is -0.848. The van der Waals surface area contributed by atoms with E-state index in [0.29, 0.717) is 19.4 Å². The van der Waals surface area contributed by atoms with E-state index in [1.807, 2.05) is 6.08 Å². The van der Waals surface area contributed by atoms with Crippen LogP contribution >= 0.6 is 0 Å². The van der Waals surface area contributed by atoms with Crippen LogP contribution in [0, 0.1) is 0 Å². The quantitative estimate of drug-likeness (QED) is 0.0321. The summed E-state index contributed by atoms with van der Waals surface area (Å²) in [6, 6.07) is -0.633. The fourth-order valence-corrected chi connectivity index (χ4v) is 9.03. The Hall–Kier alpha value is -1.92. The molecule has 2 atom stereocenters. The fourth-order valence-electron chi connectivity index (χ4n) is 9.03. The van der Waals surface area contributed by atoms with Gasteiger partial charge in [0.15, 0.2) is 0 Å². The molecule has 0 aromatic heterocycles. The highest BCUT2D eigenvalue weighted by Gasteiger charge is 2.18. The standard InChI is InChI=1S/C61H115NO5/c1-3-5-7-9-11-13-15-17-29-33-37-41-45-49-53-59(64)58(57-63)62-60(65)54-50-46-42-38-34-30-27-25-23-21-19-20-22-24-26-28-32-36-40-44-48-52-56-67-61(66)55-51-47-43-39-35-31-18-16-14-12-10-8-6-4-2/h16,18,21,23,49,53,58-59,63-64H,3-15,17,19-20,22,24-48,50-52,54-57H2,1-2H3,(H,62,65)/b18-16-,23-21-,53-49+. The second-order valence-electron chi connectivity index (χ2n) is 20.3. The number of allylic oxidation sites excluding steroid dienone is 5. The summed E-state index contributed by atoms with van der Waals surface area (Å²) in [6.45, 7) is 4.89. The number of unbranched alkanes of at least 4 members (excludes halogenated alkanes) is 40. The minimum Gasteiger partial charge on any atom is -0.466 e. The predicted molar refractivity (Wildman–Crippen MR) is 292 cm³/mol. The Kier molecular flexibility index (Phi) is 55.0. The summed E-state index contributed by atoms with van der Waals surface area (Å²) in [5.74, 6) is -0.0741. The van der Waals surface area contributed by atoms with Gasteiger partial charge in [0.25, 0.3) is 0 Å². The lowest BCUT2D eigenvalue weighted by molar-refractivity contribution is -0.143. The fraction of sp³-hybridized carbons (Fsp3) is 0.869. The van der Waals surface area contributed by atoms with Crippen molar-refractivity contribution in [1.29, 1.82) is 0 Å². The first kappa shape index (κ1) is 65.1. The lowest BCUT2D eigenvalue weighted by Gasteiger charge is -2.20. The van der Waals surface area contributed by atoms with Crippen molar-refractivity contribution in [2.75, 3.05) is 13.2 Å². The summed E-state index contributed by atoms with van der Waals surface area (Å²) in [4.78, 5) is 24.5. The van der Waals surface area contributed by atoms with Crippen molar-refractivity contribution in [3.63, 3.8) is 0 Å². The zero-order chi connectivity index (χ0) is 48.6. The number of esters is 1. The highest BCUT2D eigenvalue weighted by Crippen LogP contribution is 2.16. The predicted octanol–water partition coefficient (Wildman–Crippen LogP) is 18.4. The molecule has 67 heavy (non-hydrogen) atoms. The van der Waals surface area contributed by atoms with Crippen LogP contribution in [0.3, 0.4) is 0 Å². The molecule has 0 saturated carbocycles. The molecule has 0 aromatic rings. The number of carbonyl (C=O) groups excluding carboxylic acids is 2. The Balaban J connectivity index is 3.44. The number of aliphatic hydroxyl groups is 2. The molecule has 2 unspecified atom stereocenters. The molecule has 0 spiro atoms. The number of nitrogens with one attached hydrogen (secondary N) is 1. The Morgan fingerprint density at radius 3 is 1.06 bits per heavy atom. The van der Waals surface area contributed by atoms with Gasteiger partial charge in [-0.3, -0.25) is 9.59 Å². The lowest BCUT2D eigenvalue weighted by atomic mass is 10.0. The summed E-state index contributed by atoms with van der Waals surface area (Å²) < 4.78 is 5.47. The molecule has 0 bridgehead atoms. The Morgan fingerprint density at radius 1 is 0.403 bits per heavy atom. The van der Waals surface area contributed by atoms with Gasteiger partial charge in [0, 0.05) is 12.8 Å². The van der Waals surface area contributed by atoms with E-state index in [0.717, 1.165) is 51.4 Å². The van der Waals surface area contributed by atoms with Gasteiger partial charge in [0.1, 0.15) is 0 Å². The molecule has 6 nitrogen and oxygen atoms in total. The summed E-state index contributed by atoms with van der Waals surface area (Å²) in [5.41, 5.74) is 0. The minimum absolute atomic E-state index is 0.000618. The van der Waals surface area contributed by atoms with Crippen LogP contribution in [0.5, 0.6) is 0 Å². The smallest absolute Gasteiger partial charge is 0.305 e. The molecule has 0 saturated heterocycles. The van der Waals surface area contributed by atoms with E-state index in [1.165, 1.54) is 238 Å². The Bertz CT molecular complexity index is 1090. The van der Waals surface area contributed by atoms with Gasteiger partial charge in [-0.15, -0.1) is 0 Å². The van der Waals surface area contributed by atoms with Crippen LogP contribution in [0.1, 0.15) is 316 Å². The Labute approximate surface area is 417 Å². The zero-order valence-electron chi connectivity index (χ0n) is 44.9. The highest BCUT2D eigenvalue weighted by atomic mass is 16.5. The molecule has 394 valence electrons. The number of ether oxygens (including phenoxy) is 1. The van der Waals surface area contributed by atoms with Crippen LogP contribution in [0.15, 0.2) is 36.5 Å². The SMILES string of the molecule is CCCCCCC/C=C\CCCCCCCC(=O)OCCCCCCCCCCCCC/C=C\CCCCCCCCCC(=O)NC(CO)C(O)/C=C/CCCCCCCCCCCCCC. The van der Waals surface area contributed by atoms with E-state index in [9.17, 15) is 19.8 Å². The topological polar surface area (TPSA) is 95.9 Å².